The molecule has 1 aliphatic heterocycles. The maximum atomic E-state index is 12.9. The highest BCUT2D eigenvalue weighted by atomic mass is 32.2. The summed E-state index contributed by atoms with van der Waals surface area (Å²) in [5, 5.41) is 0. The van der Waals surface area contributed by atoms with E-state index in [1.807, 2.05) is 13.0 Å². The standard InChI is InChI=1S/C18H20F3N3O2S/c1-13-3-4-16(14(2)11-13)27(25,26)24-9-7-23(8-10-24)17-12-15(5-6-22-17)18(19,20)21/h3-6,11-12H,7-10H2,1-2H3. The summed E-state index contributed by atoms with van der Waals surface area (Å²) in [6.07, 6.45) is -3.32. The lowest BCUT2D eigenvalue weighted by atomic mass is 10.2. The van der Waals surface area contributed by atoms with Gasteiger partial charge in [-0.15, -0.1) is 0 Å². The fourth-order valence-electron chi connectivity index (χ4n) is 3.15. The van der Waals surface area contributed by atoms with Crippen LogP contribution < -0.4 is 4.90 Å². The van der Waals surface area contributed by atoms with Gasteiger partial charge in [-0.05, 0) is 37.6 Å². The Morgan fingerprint density at radius 1 is 1.00 bits per heavy atom. The van der Waals surface area contributed by atoms with E-state index in [0.717, 1.165) is 23.9 Å². The largest absolute Gasteiger partial charge is 0.416 e. The molecule has 3 rings (SSSR count). The third kappa shape index (κ3) is 4.08. The molecule has 0 saturated carbocycles. The lowest BCUT2D eigenvalue weighted by Crippen LogP contribution is -2.49. The number of anilines is 1. The summed E-state index contributed by atoms with van der Waals surface area (Å²) in [5.74, 6) is 0.202. The number of alkyl halides is 3. The summed E-state index contributed by atoms with van der Waals surface area (Å²) in [6, 6.07) is 7.08. The number of benzene rings is 1. The Labute approximate surface area is 156 Å². The number of piperazine rings is 1. The highest BCUT2D eigenvalue weighted by Crippen LogP contribution is 2.31. The number of hydrogen-bond donors (Lipinski definition) is 0. The van der Waals surface area contributed by atoms with E-state index < -0.39 is 21.8 Å². The fourth-order valence-corrected chi connectivity index (χ4v) is 4.78. The molecule has 0 amide bonds. The summed E-state index contributed by atoms with van der Waals surface area (Å²) in [6.45, 7) is 4.57. The van der Waals surface area contributed by atoms with E-state index in [-0.39, 0.29) is 36.9 Å². The smallest absolute Gasteiger partial charge is 0.354 e. The summed E-state index contributed by atoms with van der Waals surface area (Å²) in [5.41, 5.74) is 0.890. The minimum Gasteiger partial charge on any atom is -0.354 e. The zero-order valence-corrected chi connectivity index (χ0v) is 15.8. The maximum Gasteiger partial charge on any atom is 0.416 e. The second kappa shape index (κ2) is 7.12. The number of hydrogen-bond acceptors (Lipinski definition) is 4. The first-order chi connectivity index (χ1) is 12.6. The molecule has 2 heterocycles. The van der Waals surface area contributed by atoms with E-state index in [1.165, 1.54) is 4.31 Å². The topological polar surface area (TPSA) is 53.5 Å². The second-order valence-corrected chi connectivity index (χ2v) is 8.47. The van der Waals surface area contributed by atoms with Crippen molar-refractivity contribution in [2.24, 2.45) is 0 Å². The Kier molecular flexibility index (Phi) is 5.18. The van der Waals surface area contributed by atoms with Crippen LogP contribution in [0.15, 0.2) is 41.4 Å². The third-order valence-electron chi connectivity index (χ3n) is 4.58. The Bertz CT molecular complexity index is 937. The van der Waals surface area contributed by atoms with E-state index in [4.69, 9.17) is 0 Å². The highest BCUT2D eigenvalue weighted by molar-refractivity contribution is 7.89. The number of pyridine rings is 1. The summed E-state index contributed by atoms with van der Waals surface area (Å²) >= 11 is 0. The molecule has 1 saturated heterocycles. The SMILES string of the molecule is Cc1ccc(S(=O)(=O)N2CCN(c3cc(C(F)(F)F)ccn3)CC2)c(C)c1. The van der Waals surface area contributed by atoms with Gasteiger partial charge >= 0.3 is 6.18 Å². The quantitative estimate of drug-likeness (QED) is 0.795. The van der Waals surface area contributed by atoms with Crippen LogP contribution in [0.4, 0.5) is 19.0 Å². The zero-order chi connectivity index (χ0) is 19.8. The lowest BCUT2D eigenvalue weighted by molar-refractivity contribution is -0.137. The molecule has 1 aliphatic rings. The molecule has 1 aromatic carbocycles. The Hall–Kier alpha value is -2.13. The van der Waals surface area contributed by atoms with Crippen LogP contribution in [0.25, 0.3) is 0 Å². The molecule has 0 aliphatic carbocycles. The number of aromatic nitrogens is 1. The first-order valence-electron chi connectivity index (χ1n) is 8.44. The van der Waals surface area contributed by atoms with Crippen LogP contribution in [0, 0.1) is 13.8 Å². The van der Waals surface area contributed by atoms with E-state index in [1.54, 1.807) is 24.0 Å². The Morgan fingerprint density at radius 3 is 2.26 bits per heavy atom. The third-order valence-corrected chi connectivity index (χ3v) is 6.64. The monoisotopic (exact) mass is 399 g/mol. The molecule has 146 valence electrons. The van der Waals surface area contributed by atoms with E-state index >= 15 is 0 Å². The number of sulfonamides is 1. The van der Waals surface area contributed by atoms with Gasteiger partial charge in [-0.3, -0.25) is 0 Å². The van der Waals surface area contributed by atoms with Crippen molar-refractivity contribution < 1.29 is 21.6 Å². The van der Waals surface area contributed by atoms with Crippen molar-refractivity contribution in [3.63, 3.8) is 0 Å². The normalized spacial score (nSPS) is 16.6. The van der Waals surface area contributed by atoms with Crippen molar-refractivity contribution in [1.29, 1.82) is 0 Å². The molecule has 9 heteroatoms. The van der Waals surface area contributed by atoms with Crippen molar-refractivity contribution >= 4 is 15.8 Å². The molecule has 1 fully saturated rings. The van der Waals surface area contributed by atoms with Gasteiger partial charge in [0, 0.05) is 32.4 Å². The molecule has 1 aromatic heterocycles. The molecule has 0 N–H and O–H groups in total. The van der Waals surface area contributed by atoms with E-state index in [2.05, 4.69) is 4.98 Å². The van der Waals surface area contributed by atoms with Crippen LogP contribution in [-0.4, -0.2) is 43.9 Å². The minimum atomic E-state index is -4.44. The van der Waals surface area contributed by atoms with Crippen LogP contribution in [0.5, 0.6) is 0 Å². The zero-order valence-electron chi connectivity index (χ0n) is 15.0. The minimum absolute atomic E-state index is 0.188. The summed E-state index contributed by atoms with van der Waals surface area (Å²) in [4.78, 5) is 5.94. The van der Waals surface area contributed by atoms with Gasteiger partial charge in [0.15, 0.2) is 0 Å². The first-order valence-corrected chi connectivity index (χ1v) is 9.88. The molecule has 0 bridgehead atoms. The van der Waals surface area contributed by atoms with Crippen LogP contribution in [0.3, 0.4) is 0 Å². The molecular formula is C18H20F3N3O2S. The Morgan fingerprint density at radius 2 is 1.67 bits per heavy atom. The lowest BCUT2D eigenvalue weighted by Gasteiger charge is -2.35. The molecule has 2 aromatic rings. The predicted molar refractivity (Wildman–Crippen MR) is 96.1 cm³/mol. The molecule has 0 atom stereocenters. The van der Waals surface area contributed by atoms with Gasteiger partial charge in [0.25, 0.3) is 0 Å². The van der Waals surface area contributed by atoms with Crippen molar-refractivity contribution in [1.82, 2.24) is 9.29 Å². The average molecular weight is 399 g/mol. The predicted octanol–water partition coefficient (Wildman–Crippen LogP) is 3.23. The molecular weight excluding hydrogens is 379 g/mol. The maximum absolute atomic E-state index is 12.9. The van der Waals surface area contributed by atoms with Gasteiger partial charge in [0.1, 0.15) is 5.82 Å². The van der Waals surface area contributed by atoms with Gasteiger partial charge in [-0.2, -0.15) is 17.5 Å². The van der Waals surface area contributed by atoms with Crippen LogP contribution >= 0.6 is 0 Å². The number of aryl methyl sites for hydroxylation is 2. The van der Waals surface area contributed by atoms with Crippen molar-refractivity contribution in [3.8, 4) is 0 Å². The second-order valence-electron chi connectivity index (χ2n) is 6.56. The molecule has 0 spiro atoms. The van der Waals surface area contributed by atoms with Gasteiger partial charge in [-0.25, -0.2) is 13.4 Å². The average Bonchev–Trinajstić information content (AvgIpc) is 2.61. The number of nitrogens with zero attached hydrogens (tertiary/aromatic N) is 3. The molecule has 5 nitrogen and oxygen atoms in total. The van der Waals surface area contributed by atoms with Gasteiger partial charge in [0.2, 0.25) is 10.0 Å². The Balaban J connectivity index is 1.75. The fraction of sp³-hybridized carbons (Fsp3) is 0.389. The van der Waals surface area contributed by atoms with Crippen LogP contribution in [-0.2, 0) is 16.2 Å². The van der Waals surface area contributed by atoms with Crippen LogP contribution in [0.1, 0.15) is 16.7 Å². The highest BCUT2D eigenvalue weighted by Gasteiger charge is 2.33. The summed E-state index contributed by atoms with van der Waals surface area (Å²) < 4.78 is 65.8. The number of rotatable bonds is 3. The van der Waals surface area contributed by atoms with Gasteiger partial charge < -0.3 is 4.90 Å². The van der Waals surface area contributed by atoms with Gasteiger partial charge in [0.05, 0.1) is 10.5 Å². The van der Waals surface area contributed by atoms with Crippen molar-refractivity contribution in [2.45, 2.75) is 24.9 Å². The number of halogens is 3. The van der Waals surface area contributed by atoms with Crippen molar-refractivity contribution in [3.05, 3.63) is 53.2 Å². The summed E-state index contributed by atoms with van der Waals surface area (Å²) in [7, 11) is -3.64. The van der Waals surface area contributed by atoms with E-state index in [9.17, 15) is 21.6 Å². The van der Waals surface area contributed by atoms with Gasteiger partial charge in [-0.1, -0.05) is 17.7 Å². The van der Waals surface area contributed by atoms with Crippen molar-refractivity contribution in [2.75, 3.05) is 31.1 Å². The van der Waals surface area contributed by atoms with Crippen LogP contribution in [0.2, 0.25) is 0 Å². The molecule has 0 unspecified atom stereocenters. The molecule has 0 radical (unpaired) electrons. The molecule has 27 heavy (non-hydrogen) atoms. The first kappa shape index (κ1) is 19.6. The van der Waals surface area contributed by atoms with E-state index in [0.29, 0.717) is 5.56 Å².